The highest BCUT2D eigenvalue weighted by Crippen LogP contribution is 2.27. The number of nitrogens with zero attached hydrogens (tertiary/aromatic N) is 4. The van der Waals surface area contributed by atoms with E-state index in [1.54, 1.807) is 9.25 Å². The molecule has 4 aromatic rings. The van der Waals surface area contributed by atoms with E-state index in [2.05, 4.69) is 36.3 Å². The van der Waals surface area contributed by atoms with Crippen LogP contribution in [0.25, 0.3) is 11.0 Å². The first kappa shape index (κ1) is 20.7. The van der Waals surface area contributed by atoms with Gasteiger partial charge in [0.05, 0.1) is 12.2 Å². The van der Waals surface area contributed by atoms with Gasteiger partial charge in [0, 0.05) is 17.3 Å². The van der Waals surface area contributed by atoms with Gasteiger partial charge in [-0.3, -0.25) is 14.0 Å². The van der Waals surface area contributed by atoms with E-state index in [1.807, 2.05) is 38.1 Å². The van der Waals surface area contributed by atoms with Crippen LogP contribution in [0, 0.1) is 13.8 Å². The fraction of sp³-hybridized carbons (Fsp3) is 0.261. The number of thioether (sulfide) groups is 1. The van der Waals surface area contributed by atoms with Gasteiger partial charge in [-0.1, -0.05) is 71.4 Å². The summed E-state index contributed by atoms with van der Waals surface area (Å²) in [6.45, 7) is 7.01. The van der Waals surface area contributed by atoms with Gasteiger partial charge in [0.2, 0.25) is 0 Å². The number of benzene rings is 2. The molecular weight excluding hydrogens is 416 g/mol. The predicted molar refractivity (Wildman–Crippen MR) is 123 cm³/mol. The minimum Gasteiger partial charge on any atom is -0.281 e. The second-order valence-corrected chi connectivity index (χ2v) is 8.60. The van der Waals surface area contributed by atoms with Crippen molar-refractivity contribution in [2.75, 3.05) is 0 Å². The monoisotopic (exact) mass is 438 g/mol. The molecule has 154 valence electrons. The topological polar surface area (TPSA) is 52.7 Å². The molecule has 0 fully saturated rings. The lowest BCUT2D eigenvalue weighted by atomic mass is 10.1. The Kier molecular flexibility index (Phi) is 5.97. The molecule has 2 heterocycles. The Labute approximate surface area is 184 Å². The molecule has 0 saturated heterocycles. The molecule has 0 aliphatic rings. The number of hydrogen-bond donors (Lipinski definition) is 0. The first-order valence-corrected chi connectivity index (χ1v) is 11.2. The fourth-order valence-corrected chi connectivity index (χ4v) is 4.68. The third kappa shape index (κ3) is 4.02. The molecule has 4 rings (SSSR count). The zero-order valence-electron chi connectivity index (χ0n) is 17.2. The van der Waals surface area contributed by atoms with E-state index >= 15 is 0 Å². The average Bonchev–Trinajstić information content (AvgIpc) is 3.07. The van der Waals surface area contributed by atoms with Crippen molar-refractivity contribution in [1.82, 2.24) is 19.3 Å². The molecule has 0 atom stereocenters. The highest BCUT2D eigenvalue weighted by atomic mass is 35.5. The quantitative estimate of drug-likeness (QED) is 0.306. The number of aromatic nitrogens is 4. The SMILES string of the molecule is CCn1nc(C)c2nc(SCc3ccccc3Cl)n(Cc3ccc(C)cc3)c(=O)c21. The summed E-state index contributed by atoms with van der Waals surface area (Å²) in [5.74, 6) is 0.631. The van der Waals surface area contributed by atoms with Crippen molar-refractivity contribution in [2.24, 2.45) is 0 Å². The Morgan fingerprint density at radius 2 is 1.80 bits per heavy atom. The molecule has 5 nitrogen and oxygen atoms in total. The first-order valence-electron chi connectivity index (χ1n) is 9.87. The maximum Gasteiger partial charge on any atom is 0.280 e. The summed E-state index contributed by atoms with van der Waals surface area (Å²) in [6.07, 6.45) is 0. The van der Waals surface area contributed by atoms with Crippen LogP contribution in [0.5, 0.6) is 0 Å². The van der Waals surface area contributed by atoms with Crippen LogP contribution in [0.4, 0.5) is 0 Å². The van der Waals surface area contributed by atoms with E-state index in [1.165, 1.54) is 17.3 Å². The summed E-state index contributed by atoms with van der Waals surface area (Å²) in [4.78, 5) is 18.4. The Morgan fingerprint density at radius 1 is 1.07 bits per heavy atom. The van der Waals surface area contributed by atoms with Gasteiger partial charge < -0.3 is 0 Å². The number of hydrogen-bond acceptors (Lipinski definition) is 4. The van der Waals surface area contributed by atoms with Gasteiger partial charge in [0.15, 0.2) is 10.7 Å². The van der Waals surface area contributed by atoms with Crippen molar-refractivity contribution < 1.29 is 0 Å². The molecular formula is C23H23ClN4OS. The summed E-state index contributed by atoms with van der Waals surface area (Å²) in [5, 5.41) is 5.90. The Bertz CT molecular complexity index is 1260. The van der Waals surface area contributed by atoms with Crippen LogP contribution < -0.4 is 5.56 Å². The molecule has 30 heavy (non-hydrogen) atoms. The van der Waals surface area contributed by atoms with Crippen molar-refractivity contribution >= 4 is 34.4 Å². The molecule has 0 saturated carbocycles. The van der Waals surface area contributed by atoms with E-state index in [0.29, 0.717) is 40.1 Å². The van der Waals surface area contributed by atoms with Gasteiger partial charge in [-0.05, 0) is 38.0 Å². The van der Waals surface area contributed by atoms with Gasteiger partial charge in [-0.25, -0.2) is 4.98 Å². The smallest absolute Gasteiger partial charge is 0.280 e. The van der Waals surface area contributed by atoms with Crippen LogP contribution in [0.3, 0.4) is 0 Å². The summed E-state index contributed by atoms with van der Waals surface area (Å²) in [5.41, 5.74) is 5.19. The van der Waals surface area contributed by atoms with Crippen molar-refractivity contribution in [2.45, 2.75) is 44.8 Å². The Morgan fingerprint density at radius 3 is 2.50 bits per heavy atom. The van der Waals surface area contributed by atoms with E-state index in [0.717, 1.165) is 16.8 Å². The number of halogens is 1. The molecule has 2 aromatic carbocycles. The number of rotatable bonds is 6. The lowest BCUT2D eigenvalue weighted by Crippen LogP contribution is -2.25. The largest absolute Gasteiger partial charge is 0.281 e. The van der Waals surface area contributed by atoms with E-state index in [4.69, 9.17) is 16.6 Å². The molecule has 0 aliphatic carbocycles. The van der Waals surface area contributed by atoms with E-state index in [-0.39, 0.29) is 5.56 Å². The Hall–Kier alpha value is -2.57. The molecule has 7 heteroatoms. The average molecular weight is 439 g/mol. The van der Waals surface area contributed by atoms with E-state index in [9.17, 15) is 4.79 Å². The second-order valence-electron chi connectivity index (χ2n) is 7.25. The minimum atomic E-state index is -0.0651. The molecule has 0 radical (unpaired) electrons. The zero-order chi connectivity index (χ0) is 21.3. The minimum absolute atomic E-state index is 0.0651. The van der Waals surface area contributed by atoms with Gasteiger partial charge in [-0.15, -0.1) is 0 Å². The van der Waals surface area contributed by atoms with Gasteiger partial charge in [0.1, 0.15) is 5.52 Å². The molecule has 0 aliphatic heterocycles. The van der Waals surface area contributed by atoms with Crippen molar-refractivity contribution in [3.05, 3.63) is 86.3 Å². The lowest BCUT2D eigenvalue weighted by molar-refractivity contribution is 0.636. The normalized spacial score (nSPS) is 11.3. The summed E-state index contributed by atoms with van der Waals surface area (Å²) in [7, 11) is 0. The maximum absolute atomic E-state index is 13.5. The van der Waals surface area contributed by atoms with Gasteiger partial charge in [-0.2, -0.15) is 5.10 Å². The standard InChI is InChI=1S/C23H23ClN4OS/c1-4-28-21-20(16(3)26-28)25-23(30-14-18-7-5-6-8-19(18)24)27(22(21)29)13-17-11-9-15(2)10-12-17/h5-12H,4,13-14H2,1-3H3. The van der Waals surface area contributed by atoms with Crippen LogP contribution in [0.15, 0.2) is 58.5 Å². The summed E-state index contributed by atoms with van der Waals surface area (Å²) < 4.78 is 3.50. The third-order valence-corrected chi connectivity index (χ3v) is 6.45. The van der Waals surface area contributed by atoms with Crippen LogP contribution >= 0.6 is 23.4 Å². The summed E-state index contributed by atoms with van der Waals surface area (Å²) in [6, 6.07) is 16.0. The Balaban J connectivity index is 1.81. The van der Waals surface area contributed by atoms with Crippen LogP contribution in [0.2, 0.25) is 5.02 Å². The predicted octanol–water partition coefficient (Wildman–Crippen LogP) is 5.22. The first-order chi connectivity index (χ1) is 14.5. The van der Waals surface area contributed by atoms with Crippen LogP contribution in [-0.2, 0) is 18.8 Å². The van der Waals surface area contributed by atoms with Crippen molar-refractivity contribution in [3.8, 4) is 0 Å². The van der Waals surface area contributed by atoms with Crippen molar-refractivity contribution in [1.29, 1.82) is 0 Å². The molecule has 2 aromatic heterocycles. The zero-order valence-corrected chi connectivity index (χ0v) is 18.8. The molecule has 0 bridgehead atoms. The van der Waals surface area contributed by atoms with Gasteiger partial charge >= 0.3 is 0 Å². The number of aryl methyl sites for hydroxylation is 3. The molecule has 0 amide bonds. The van der Waals surface area contributed by atoms with Crippen molar-refractivity contribution in [3.63, 3.8) is 0 Å². The lowest BCUT2D eigenvalue weighted by Gasteiger charge is -2.13. The maximum atomic E-state index is 13.5. The van der Waals surface area contributed by atoms with Crippen LogP contribution in [0.1, 0.15) is 29.3 Å². The summed E-state index contributed by atoms with van der Waals surface area (Å²) >= 11 is 7.85. The second kappa shape index (κ2) is 8.66. The van der Waals surface area contributed by atoms with Gasteiger partial charge in [0.25, 0.3) is 5.56 Å². The fourth-order valence-electron chi connectivity index (χ4n) is 3.40. The van der Waals surface area contributed by atoms with Crippen LogP contribution in [-0.4, -0.2) is 19.3 Å². The highest BCUT2D eigenvalue weighted by molar-refractivity contribution is 7.98. The van der Waals surface area contributed by atoms with E-state index < -0.39 is 0 Å². The number of fused-ring (bicyclic) bond motifs is 1. The molecule has 0 spiro atoms. The highest BCUT2D eigenvalue weighted by Gasteiger charge is 2.18. The third-order valence-electron chi connectivity index (χ3n) is 5.06. The molecule has 0 N–H and O–H groups in total. The molecule has 0 unspecified atom stereocenters.